The van der Waals surface area contributed by atoms with Gasteiger partial charge >= 0.3 is 0 Å². The van der Waals surface area contributed by atoms with Crippen molar-refractivity contribution in [2.24, 2.45) is 5.73 Å². The number of nitrogens with zero attached hydrogens (tertiary/aromatic N) is 2. The van der Waals surface area contributed by atoms with Crippen LogP contribution in [0.15, 0.2) is 0 Å². The summed E-state index contributed by atoms with van der Waals surface area (Å²) < 4.78 is 0. The number of aliphatic hydroxyl groups is 1. The fraction of sp³-hybridized carbons (Fsp3) is 0.917. The molecule has 0 aromatic carbocycles. The number of aliphatic hydroxyl groups excluding tert-OH is 1. The molecule has 2 unspecified atom stereocenters. The average Bonchev–Trinajstić information content (AvgIpc) is 2.52. The fourth-order valence-corrected chi connectivity index (χ4v) is 2.60. The lowest BCUT2D eigenvalue weighted by Gasteiger charge is -2.26. The zero-order valence-corrected chi connectivity index (χ0v) is 11.7. The van der Waals surface area contributed by atoms with Gasteiger partial charge in [0.1, 0.15) is 0 Å². The van der Waals surface area contributed by atoms with Crippen LogP contribution in [-0.2, 0) is 0 Å². The minimum Gasteiger partial charge on any atom is -0.393 e. The lowest BCUT2D eigenvalue weighted by molar-refractivity contribution is 0.172. The third-order valence-electron chi connectivity index (χ3n) is 3.20. The molecule has 1 aliphatic heterocycles. The van der Waals surface area contributed by atoms with Gasteiger partial charge < -0.3 is 15.7 Å². The lowest BCUT2D eigenvalue weighted by atomic mass is 10.2. The highest BCUT2D eigenvalue weighted by atomic mass is 32.1. The maximum absolute atomic E-state index is 9.73. The number of likely N-dealkylation sites (N-methyl/N-ethyl adjacent to an activating group) is 1. The molecule has 0 spiro atoms. The third-order valence-corrected chi connectivity index (χ3v) is 3.40. The quantitative estimate of drug-likeness (QED) is 0.513. The Labute approximate surface area is 110 Å². The summed E-state index contributed by atoms with van der Waals surface area (Å²) in [5, 5.41) is 9.73. The van der Waals surface area contributed by atoms with Crippen molar-refractivity contribution in [3.8, 4) is 0 Å². The Morgan fingerprint density at radius 1 is 1.47 bits per heavy atom. The van der Waals surface area contributed by atoms with E-state index in [4.69, 9.17) is 18.0 Å². The second-order valence-corrected chi connectivity index (χ2v) is 5.75. The maximum atomic E-state index is 9.73. The van der Waals surface area contributed by atoms with Gasteiger partial charge in [0.05, 0.1) is 11.1 Å². The van der Waals surface area contributed by atoms with Crippen molar-refractivity contribution in [1.29, 1.82) is 0 Å². The summed E-state index contributed by atoms with van der Waals surface area (Å²) in [5.41, 5.74) is 5.47. The van der Waals surface area contributed by atoms with Crippen LogP contribution >= 0.6 is 12.2 Å². The number of unbranched alkanes of at least 4 members (excludes halogenated alkanes) is 1. The Balaban J connectivity index is 2.27. The first kappa shape index (κ1) is 14.8. The number of β-amino-alcohol motifs (C(OH)–C–C–N with tert-alkyl or cyclic N) is 1. The van der Waals surface area contributed by atoms with Crippen LogP contribution in [0.2, 0.25) is 0 Å². The van der Waals surface area contributed by atoms with E-state index in [0.29, 0.717) is 11.0 Å². The fourth-order valence-electron chi connectivity index (χ4n) is 2.46. The van der Waals surface area contributed by atoms with Crippen molar-refractivity contribution in [1.82, 2.24) is 9.80 Å². The summed E-state index contributed by atoms with van der Waals surface area (Å²) in [6.45, 7) is 2.87. The molecule has 1 saturated heterocycles. The van der Waals surface area contributed by atoms with Gasteiger partial charge in [0.25, 0.3) is 0 Å². The number of hydrogen-bond donors (Lipinski definition) is 2. The molecule has 4 nitrogen and oxygen atoms in total. The second-order valence-electron chi connectivity index (χ2n) is 5.22. The number of thiocarbonyl (C=S) groups is 1. The van der Waals surface area contributed by atoms with E-state index < -0.39 is 0 Å². The van der Waals surface area contributed by atoms with Gasteiger partial charge in [-0.1, -0.05) is 12.2 Å². The van der Waals surface area contributed by atoms with Crippen molar-refractivity contribution in [3.63, 3.8) is 0 Å². The molecule has 0 saturated carbocycles. The molecule has 0 aromatic rings. The van der Waals surface area contributed by atoms with Crippen molar-refractivity contribution in [3.05, 3.63) is 0 Å². The SMILES string of the molecule is CN(C)CC1CC(O)CN1CCCCC(N)=S. The van der Waals surface area contributed by atoms with Crippen LogP contribution in [0.5, 0.6) is 0 Å². The highest BCUT2D eigenvalue weighted by molar-refractivity contribution is 7.80. The molecule has 0 bridgehead atoms. The van der Waals surface area contributed by atoms with Crippen LogP contribution in [0.4, 0.5) is 0 Å². The summed E-state index contributed by atoms with van der Waals surface area (Å²) in [6.07, 6.45) is 3.73. The van der Waals surface area contributed by atoms with Crippen LogP contribution in [-0.4, -0.2) is 65.8 Å². The van der Waals surface area contributed by atoms with E-state index in [-0.39, 0.29) is 6.10 Å². The molecule has 2 atom stereocenters. The predicted molar refractivity (Wildman–Crippen MR) is 75.2 cm³/mol. The summed E-state index contributed by atoms with van der Waals surface area (Å²) in [6, 6.07) is 0.491. The molecule has 0 amide bonds. The molecule has 0 aliphatic carbocycles. The molecule has 5 heteroatoms. The Bertz CT molecular complexity index is 248. The highest BCUT2D eigenvalue weighted by Gasteiger charge is 2.30. The van der Waals surface area contributed by atoms with Crippen molar-refractivity contribution in [2.75, 3.05) is 33.7 Å². The predicted octanol–water partition coefficient (Wildman–Crippen LogP) is 0.440. The smallest absolute Gasteiger partial charge is 0.0727 e. The summed E-state index contributed by atoms with van der Waals surface area (Å²) >= 11 is 4.86. The highest BCUT2D eigenvalue weighted by Crippen LogP contribution is 2.19. The molecule has 17 heavy (non-hydrogen) atoms. The zero-order valence-electron chi connectivity index (χ0n) is 10.9. The molecule has 100 valence electrons. The standard InChI is InChI=1S/C12H25N3OS/c1-14(2)8-10-7-11(16)9-15(10)6-4-3-5-12(13)17/h10-11,16H,3-9H2,1-2H3,(H2,13,17). The van der Waals surface area contributed by atoms with Crippen molar-refractivity contribution < 1.29 is 5.11 Å². The van der Waals surface area contributed by atoms with Crippen LogP contribution in [0.25, 0.3) is 0 Å². The molecule has 1 rings (SSSR count). The van der Waals surface area contributed by atoms with E-state index in [0.717, 1.165) is 45.3 Å². The van der Waals surface area contributed by atoms with Crippen molar-refractivity contribution in [2.45, 2.75) is 37.8 Å². The normalized spacial score (nSPS) is 25.6. The molecule has 1 heterocycles. The van der Waals surface area contributed by atoms with Gasteiger partial charge in [-0.3, -0.25) is 4.90 Å². The molecule has 1 fully saturated rings. The summed E-state index contributed by atoms with van der Waals surface area (Å²) in [7, 11) is 4.16. The van der Waals surface area contributed by atoms with Gasteiger partial charge in [-0.15, -0.1) is 0 Å². The van der Waals surface area contributed by atoms with E-state index in [2.05, 4.69) is 23.9 Å². The van der Waals surface area contributed by atoms with Gasteiger partial charge in [-0.05, 0) is 46.3 Å². The minimum absolute atomic E-state index is 0.157. The Morgan fingerprint density at radius 2 is 2.18 bits per heavy atom. The number of nitrogens with two attached hydrogens (primary N) is 1. The maximum Gasteiger partial charge on any atom is 0.0727 e. The largest absolute Gasteiger partial charge is 0.393 e. The van der Waals surface area contributed by atoms with Gasteiger partial charge in [-0.25, -0.2) is 0 Å². The molecular formula is C12H25N3OS. The Kier molecular flexibility index (Phi) is 6.33. The average molecular weight is 259 g/mol. The minimum atomic E-state index is -0.157. The number of likely N-dealkylation sites (tertiary alicyclic amines) is 1. The summed E-state index contributed by atoms with van der Waals surface area (Å²) in [5.74, 6) is 0. The number of rotatable bonds is 7. The first-order valence-corrected chi connectivity index (χ1v) is 6.75. The van der Waals surface area contributed by atoms with E-state index in [1.807, 2.05) is 0 Å². The van der Waals surface area contributed by atoms with Crippen LogP contribution in [0.1, 0.15) is 25.7 Å². The van der Waals surface area contributed by atoms with Gasteiger partial charge in [-0.2, -0.15) is 0 Å². The van der Waals surface area contributed by atoms with E-state index in [1.54, 1.807) is 0 Å². The molecule has 0 radical (unpaired) electrons. The van der Waals surface area contributed by atoms with Crippen LogP contribution < -0.4 is 5.73 Å². The van der Waals surface area contributed by atoms with E-state index >= 15 is 0 Å². The van der Waals surface area contributed by atoms with Gasteiger partial charge in [0, 0.05) is 19.1 Å². The Hall–Kier alpha value is -0.230. The molecule has 3 N–H and O–H groups in total. The topological polar surface area (TPSA) is 52.7 Å². The third kappa shape index (κ3) is 5.77. The van der Waals surface area contributed by atoms with E-state index in [9.17, 15) is 5.11 Å². The Morgan fingerprint density at radius 3 is 2.76 bits per heavy atom. The molecular weight excluding hydrogens is 234 g/mol. The van der Waals surface area contributed by atoms with Gasteiger partial charge in [0.2, 0.25) is 0 Å². The zero-order chi connectivity index (χ0) is 12.8. The molecule has 1 aliphatic rings. The van der Waals surface area contributed by atoms with Gasteiger partial charge in [0.15, 0.2) is 0 Å². The monoisotopic (exact) mass is 259 g/mol. The van der Waals surface area contributed by atoms with Crippen LogP contribution in [0.3, 0.4) is 0 Å². The molecule has 0 aromatic heterocycles. The second kappa shape index (κ2) is 7.26. The van der Waals surface area contributed by atoms with E-state index in [1.165, 1.54) is 0 Å². The first-order valence-electron chi connectivity index (χ1n) is 6.34. The summed E-state index contributed by atoms with van der Waals surface area (Å²) in [4.78, 5) is 5.19. The van der Waals surface area contributed by atoms with Crippen LogP contribution in [0, 0.1) is 0 Å². The van der Waals surface area contributed by atoms with Crippen molar-refractivity contribution >= 4 is 17.2 Å². The lowest BCUT2D eigenvalue weighted by Crippen LogP contribution is -2.38. The number of hydrogen-bond acceptors (Lipinski definition) is 4. The first-order chi connectivity index (χ1) is 7.99.